The second-order valence-corrected chi connectivity index (χ2v) is 7.85. The maximum Gasteiger partial charge on any atom is 0.275 e. The predicted molar refractivity (Wildman–Crippen MR) is 109 cm³/mol. The minimum absolute atomic E-state index is 0.0706. The van der Waals surface area contributed by atoms with Gasteiger partial charge in [-0.3, -0.25) is 0 Å². The van der Waals surface area contributed by atoms with Crippen molar-refractivity contribution in [1.29, 1.82) is 0 Å². The largest absolute Gasteiger partial charge is 0.360 e. The second-order valence-electron chi connectivity index (χ2n) is 7.45. The van der Waals surface area contributed by atoms with E-state index in [1.54, 1.807) is 16.7 Å². The Morgan fingerprint density at radius 2 is 2.03 bits per heavy atom. The smallest absolute Gasteiger partial charge is 0.275 e. The van der Waals surface area contributed by atoms with Gasteiger partial charge in [-0.25, -0.2) is 23.1 Å². The van der Waals surface area contributed by atoms with Gasteiger partial charge in [0.25, 0.3) is 5.82 Å². The molecule has 10 heteroatoms. The standard InChI is InChI=1S/C21H14ClF3N6/c1-26-18-10-27-17-5-4-16(29-31(17)18)20-19(12-2-3-15(23)14(22)8-12)28-11-30(20)13-6-7-21(24,25)9-13/h2-5,8,10-11,13H,6-7,9H2/t13-/m0/s1. The minimum Gasteiger partial charge on any atom is -0.360 e. The van der Waals surface area contributed by atoms with Gasteiger partial charge in [0.2, 0.25) is 11.6 Å². The van der Waals surface area contributed by atoms with Gasteiger partial charge in [0.15, 0.2) is 0 Å². The highest BCUT2D eigenvalue weighted by Gasteiger charge is 2.41. The van der Waals surface area contributed by atoms with Crippen molar-refractivity contribution in [3.05, 3.63) is 65.1 Å². The number of rotatable bonds is 3. The maximum atomic E-state index is 14.0. The highest BCUT2D eigenvalue weighted by atomic mass is 35.5. The number of benzene rings is 1. The first-order chi connectivity index (χ1) is 14.9. The lowest BCUT2D eigenvalue weighted by molar-refractivity contribution is 0.00569. The summed E-state index contributed by atoms with van der Waals surface area (Å²) in [6.45, 7) is 7.30. The highest BCUT2D eigenvalue weighted by Crippen LogP contribution is 2.44. The number of hydrogen-bond acceptors (Lipinski definition) is 3. The first-order valence-electron chi connectivity index (χ1n) is 9.49. The Labute approximate surface area is 179 Å². The van der Waals surface area contributed by atoms with Gasteiger partial charge in [0, 0.05) is 30.5 Å². The molecule has 5 rings (SSSR count). The highest BCUT2D eigenvalue weighted by molar-refractivity contribution is 6.31. The van der Waals surface area contributed by atoms with Crippen LogP contribution in [-0.2, 0) is 0 Å². The van der Waals surface area contributed by atoms with Crippen LogP contribution in [0.3, 0.4) is 0 Å². The van der Waals surface area contributed by atoms with Gasteiger partial charge in [-0.2, -0.15) is 0 Å². The summed E-state index contributed by atoms with van der Waals surface area (Å²) in [5.41, 5.74) is 2.38. The van der Waals surface area contributed by atoms with Crippen molar-refractivity contribution >= 4 is 23.1 Å². The number of aromatic nitrogens is 5. The SMILES string of the molecule is [C-]#[N+]c1cnc2ccc(-c3c(-c4ccc(F)c(Cl)c4)ncn3[C@H]3CCC(F)(F)C3)nn12. The molecule has 6 nitrogen and oxygen atoms in total. The Morgan fingerprint density at radius 1 is 1.19 bits per heavy atom. The molecule has 0 saturated heterocycles. The molecule has 1 aliphatic rings. The quantitative estimate of drug-likeness (QED) is 0.368. The van der Waals surface area contributed by atoms with Gasteiger partial charge in [0.05, 0.1) is 28.9 Å². The predicted octanol–water partition coefficient (Wildman–Crippen LogP) is 5.96. The van der Waals surface area contributed by atoms with Crippen LogP contribution in [0.25, 0.3) is 33.1 Å². The van der Waals surface area contributed by atoms with Crippen molar-refractivity contribution in [2.75, 3.05) is 0 Å². The summed E-state index contributed by atoms with van der Waals surface area (Å²) in [5, 5.41) is 4.46. The van der Waals surface area contributed by atoms with Crippen molar-refractivity contribution in [3.8, 4) is 22.6 Å². The number of halogens is 4. The van der Waals surface area contributed by atoms with Crippen molar-refractivity contribution in [2.24, 2.45) is 0 Å². The molecule has 1 saturated carbocycles. The molecule has 1 aliphatic carbocycles. The van der Waals surface area contributed by atoms with Crippen molar-refractivity contribution in [3.63, 3.8) is 0 Å². The fraction of sp³-hybridized carbons (Fsp3) is 0.238. The number of imidazole rings is 2. The lowest BCUT2D eigenvalue weighted by atomic mass is 10.1. The summed E-state index contributed by atoms with van der Waals surface area (Å²) >= 11 is 5.97. The Balaban J connectivity index is 1.72. The fourth-order valence-corrected chi connectivity index (χ4v) is 4.15. The number of alkyl halides is 2. The van der Waals surface area contributed by atoms with E-state index in [0.29, 0.717) is 34.7 Å². The van der Waals surface area contributed by atoms with Crippen LogP contribution in [0, 0.1) is 12.4 Å². The molecule has 0 bridgehead atoms. The maximum absolute atomic E-state index is 14.0. The molecule has 0 amide bonds. The molecule has 0 aliphatic heterocycles. The van der Waals surface area contributed by atoms with E-state index in [1.165, 1.54) is 35.2 Å². The van der Waals surface area contributed by atoms with Gasteiger partial charge in [-0.15, -0.1) is 4.52 Å². The molecule has 1 aromatic carbocycles. The van der Waals surface area contributed by atoms with E-state index < -0.39 is 17.8 Å². The average molecular weight is 443 g/mol. The lowest BCUT2D eigenvalue weighted by Crippen LogP contribution is -2.13. The van der Waals surface area contributed by atoms with Crippen LogP contribution in [0.5, 0.6) is 0 Å². The van der Waals surface area contributed by atoms with Crippen molar-refractivity contribution < 1.29 is 13.2 Å². The first-order valence-corrected chi connectivity index (χ1v) is 9.87. The van der Waals surface area contributed by atoms with Gasteiger partial charge in [-0.1, -0.05) is 23.3 Å². The molecule has 0 spiro atoms. The zero-order chi connectivity index (χ0) is 21.8. The second kappa shape index (κ2) is 7.10. The molecular weight excluding hydrogens is 429 g/mol. The average Bonchev–Trinajstić information content (AvgIpc) is 3.45. The molecule has 31 heavy (non-hydrogen) atoms. The van der Waals surface area contributed by atoms with Crippen LogP contribution >= 0.6 is 11.6 Å². The molecule has 156 valence electrons. The van der Waals surface area contributed by atoms with Crippen molar-refractivity contribution in [2.45, 2.75) is 31.2 Å². The summed E-state index contributed by atoms with van der Waals surface area (Å²) in [7, 11) is 0. The Bertz CT molecular complexity index is 1350. The monoisotopic (exact) mass is 442 g/mol. The van der Waals surface area contributed by atoms with Crippen LogP contribution < -0.4 is 0 Å². The minimum atomic E-state index is -2.75. The van der Waals surface area contributed by atoms with E-state index in [2.05, 4.69) is 19.9 Å². The molecule has 0 N–H and O–H groups in total. The molecule has 4 aromatic rings. The van der Waals surface area contributed by atoms with E-state index in [0.717, 1.165) is 0 Å². The van der Waals surface area contributed by atoms with Crippen LogP contribution in [-0.4, -0.2) is 30.1 Å². The molecule has 3 aromatic heterocycles. The van der Waals surface area contributed by atoms with E-state index in [9.17, 15) is 13.2 Å². The zero-order valence-corrected chi connectivity index (χ0v) is 16.7. The van der Waals surface area contributed by atoms with E-state index in [4.69, 9.17) is 18.2 Å². The van der Waals surface area contributed by atoms with E-state index >= 15 is 0 Å². The fourth-order valence-electron chi connectivity index (χ4n) is 3.97. The van der Waals surface area contributed by atoms with Crippen LogP contribution in [0.15, 0.2) is 42.9 Å². The molecule has 1 atom stereocenters. The summed E-state index contributed by atoms with van der Waals surface area (Å²) in [6.07, 6.45) is 2.70. The number of hydrogen-bond donors (Lipinski definition) is 0. The van der Waals surface area contributed by atoms with Gasteiger partial charge in [-0.05, 0) is 30.7 Å². The summed E-state index contributed by atoms with van der Waals surface area (Å²) in [5.74, 6) is -3.09. The van der Waals surface area contributed by atoms with Crippen LogP contribution in [0.4, 0.5) is 19.0 Å². The van der Waals surface area contributed by atoms with Gasteiger partial charge >= 0.3 is 0 Å². The third-order valence-corrected chi connectivity index (χ3v) is 5.75. The van der Waals surface area contributed by atoms with E-state index in [1.807, 2.05) is 0 Å². The molecule has 1 fully saturated rings. The zero-order valence-electron chi connectivity index (χ0n) is 15.9. The number of nitrogens with zero attached hydrogens (tertiary/aromatic N) is 6. The third-order valence-electron chi connectivity index (χ3n) is 5.46. The lowest BCUT2D eigenvalue weighted by Gasteiger charge is -2.16. The molecule has 3 heterocycles. The summed E-state index contributed by atoms with van der Waals surface area (Å²) < 4.78 is 44.7. The summed E-state index contributed by atoms with van der Waals surface area (Å²) in [6, 6.07) is 7.12. The Morgan fingerprint density at radius 3 is 2.74 bits per heavy atom. The van der Waals surface area contributed by atoms with Crippen LogP contribution in [0.1, 0.15) is 25.3 Å². The molecular formula is C21H14ClF3N6. The molecule has 0 radical (unpaired) electrons. The first kappa shape index (κ1) is 19.6. The van der Waals surface area contributed by atoms with Gasteiger partial charge < -0.3 is 9.41 Å². The third kappa shape index (κ3) is 3.33. The molecule has 0 unspecified atom stereocenters. The topological polar surface area (TPSA) is 52.4 Å². The Kier molecular flexibility index (Phi) is 4.48. The number of fused-ring (bicyclic) bond motifs is 1. The van der Waals surface area contributed by atoms with Gasteiger partial charge in [0.1, 0.15) is 11.5 Å². The van der Waals surface area contributed by atoms with Crippen molar-refractivity contribution in [1.82, 2.24) is 24.1 Å². The normalized spacial score (nSPS) is 17.8. The van der Waals surface area contributed by atoms with Crippen LogP contribution in [0.2, 0.25) is 5.02 Å². The summed E-state index contributed by atoms with van der Waals surface area (Å²) in [4.78, 5) is 12.0. The van der Waals surface area contributed by atoms with E-state index in [-0.39, 0.29) is 23.7 Å². The Hall–Kier alpha value is -3.38.